The number of piperidine rings is 1. The van der Waals surface area contributed by atoms with Crippen molar-refractivity contribution in [2.24, 2.45) is 11.8 Å². The Morgan fingerprint density at radius 2 is 1.83 bits per heavy atom. The van der Waals surface area contributed by atoms with E-state index in [9.17, 15) is 0 Å². The Morgan fingerprint density at radius 1 is 1.08 bits per heavy atom. The van der Waals surface area contributed by atoms with Crippen LogP contribution >= 0.6 is 0 Å². The summed E-state index contributed by atoms with van der Waals surface area (Å²) >= 11 is 0. The zero-order valence-corrected chi connectivity index (χ0v) is 8.42. The zero-order chi connectivity index (χ0) is 8.55. The fraction of sp³-hybridized carbons (Fsp3) is 1.00. The molecule has 12 heavy (non-hydrogen) atoms. The quantitative estimate of drug-likeness (QED) is 0.536. The van der Waals surface area contributed by atoms with Crippen LogP contribution in [-0.4, -0.2) is 24.5 Å². The fourth-order valence-corrected chi connectivity index (χ4v) is 3.37. The van der Waals surface area contributed by atoms with E-state index < -0.39 is 0 Å². The van der Waals surface area contributed by atoms with Crippen LogP contribution in [0, 0.1) is 11.8 Å². The third kappa shape index (κ3) is 1.39. The molecule has 0 unspecified atom stereocenters. The van der Waals surface area contributed by atoms with Gasteiger partial charge < -0.3 is 4.90 Å². The second kappa shape index (κ2) is 3.37. The predicted octanol–water partition coefficient (Wildman–Crippen LogP) is 2.52. The molecule has 0 aromatic carbocycles. The predicted molar refractivity (Wildman–Crippen MR) is 52.2 cm³/mol. The molecule has 70 valence electrons. The van der Waals surface area contributed by atoms with Crippen molar-refractivity contribution in [3.63, 3.8) is 0 Å². The van der Waals surface area contributed by atoms with E-state index in [1.165, 1.54) is 38.6 Å². The molecular formula is C11H21N. The maximum Gasteiger partial charge on any atom is 0.0146 e. The van der Waals surface area contributed by atoms with Gasteiger partial charge in [0.1, 0.15) is 0 Å². The van der Waals surface area contributed by atoms with Gasteiger partial charge in [-0.05, 0) is 51.1 Å². The summed E-state index contributed by atoms with van der Waals surface area (Å²) in [7, 11) is 2.32. The Labute approximate surface area is 76.1 Å². The van der Waals surface area contributed by atoms with Gasteiger partial charge >= 0.3 is 0 Å². The van der Waals surface area contributed by atoms with E-state index in [0.29, 0.717) is 0 Å². The van der Waals surface area contributed by atoms with Crippen molar-refractivity contribution >= 4 is 0 Å². The molecule has 0 N–H and O–H groups in total. The van der Waals surface area contributed by atoms with Gasteiger partial charge in [0, 0.05) is 6.04 Å². The van der Waals surface area contributed by atoms with Gasteiger partial charge in [0.2, 0.25) is 0 Å². The highest BCUT2D eigenvalue weighted by atomic mass is 15.1. The molecule has 0 spiro atoms. The molecule has 2 aliphatic rings. The maximum absolute atomic E-state index is 2.61. The van der Waals surface area contributed by atoms with Gasteiger partial charge in [0.05, 0.1) is 0 Å². The molecule has 1 nitrogen and oxygen atoms in total. The summed E-state index contributed by atoms with van der Waals surface area (Å²) in [5.74, 6) is 1.99. The van der Waals surface area contributed by atoms with E-state index in [2.05, 4.69) is 18.9 Å². The molecule has 0 amide bonds. The molecule has 1 aliphatic carbocycles. The van der Waals surface area contributed by atoms with Crippen LogP contribution < -0.4 is 0 Å². The monoisotopic (exact) mass is 167 g/mol. The van der Waals surface area contributed by atoms with Crippen molar-refractivity contribution in [3.8, 4) is 0 Å². The van der Waals surface area contributed by atoms with E-state index in [1.54, 1.807) is 0 Å². The maximum atomic E-state index is 2.61. The first-order chi connectivity index (χ1) is 5.79. The largest absolute Gasteiger partial charge is 0.303 e. The van der Waals surface area contributed by atoms with Gasteiger partial charge in [-0.1, -0.05) is 13.3 Å². The molecule has 0 bridgehead atoms. The van der Waals surface area contributed by atoms with Crippen molar-refractivity contribution in [3.05, 3.63) is 0 Å². The summed E-state index contributed by atoms with van der Waals surface area (Å²) < 4.78 is 0. The molecule has 1 saturated heterocycles. The normalized spacial score (nSPS) is 44.0. The van der Waals surface area contributed by atoms with Crippen LogP contribution in [0.2, 0.25) is 0 Å². The third-order valence-electron chi connectivity index (χ3n) is 3.90. The lowest BCUT2D eigenvalue weighted by molar-refractivity contribution is 0.0448. The standard InChI is InChI=1S/C11H21N/c1-9-5-3-6-10-7-4-8-12(2)11(9)10/h9-11H,3-8H2,1-2H3/t9-,10-,11+/m0/s1. The number of rotatable bonds is 0. The van der Waals surface area contributed by atoms with Gasteiger partial charge in [-0.3, -0.25) is 0 Å². The Bertz CT molecular complexity index is 139. The number of hydrogen-bond donors (Lipinski definition) is 0. The Hall–Kier alpha value is -0.0400. The lowest BCUT2D eigenvalue weighted by Crippen LogP contribution is -2.48. The SMILES string of the molecule is C[C@H]1CCC[C@H]2CCCN(C)[C@@H]21. The van der Waals surface area contributed by atoms with Gasteiger partial charge in [-0.2, -0.15) is 0 Å². The highest BCUT2D eigenvalue weighted by Gasteiger charge is 2.35. The van der Waals surface area contributed by atoms with Crippen LogP contribution in [0.5, 0.6) is 0 Å². The van der Waals surface area contributed by atoms with Crippen LogP contribution in [0.15, 0.2) is 0 Å². The van der Waals surface area contributed by atoms with Crippen molar-refractivity contribution in [2.45, 2.75) is 45.1 Å². The average Bonchev–Trinajstić information content (AvgIpc) is 2.04. The lowest BCUT2D eigenvalue weighted by Gasteiger charge is -2.45. The Morgan fingerprint density at radius 3 is 2.58 bits per heavy atom. The van der Waals surface area contributed by atoms with E-state index >= 15 is 0 Å². The first kappa shape index (κ1) is 8.55. The molecule has 1 heteroatoms. The minimum atomic E-state index is 0.924. The van der Waals surface area contributed by atoms with Gasteiger partial charge in [0.15, 0.2) is 0 Å². The van der Waals surface area contributed by atoms with Gasteiger partial charge in [0.25, 0.3) is 0 Å². The highest BCUT2D eigenvalue weighted by Crippen LogP contribution is 2.37. The van der Waals surface area contributed by atoms with Crippen LogP contribution in [0.1, 0.15) is 39.0 Å². The van der Waals surface area contributed by atoms with E-state index in [1.807, 2.05) is 0 Å². The van der Waals surface area contributed by atoms with E-state index in [0.717, 1.165) is 17.9 Å². The second-order valence-corrected chi connectivity index (χ2v) is 4.78. The zero-order valence-electron chi connectivity index (χ0n) is 8.42. The number of nitrogens with zero attached hydrogens (tertiary/aromatic N) is 1. The highest BCUT2D eigenvalue weighted by molar-refractivity contribution is 4.89. The Balaban J connectivity index is 2.07. The summed E-state index contributed by atoms with van der Waals surface area (Å²) in [4.78, 5) is 2.61. The molecule has 0 aromatic heterocycles. The van der Waals surface area contributed by atoms with Crippen molar-refractivity contribution in [1.29, 1.82) is 0 Å². The molecule has 1 saturated carbocycles. The summed E-state index contributed by atoms with van der Waals surface area (Å²) in [6.45, 7) is 3.78. The molecule has 2 fully saturated rings. The van der Waals surface area contributed by atoms with Crippen LogP contribution in [0.25, 0.3) is 0 Å². The fourth-order valence-electron chi connectivity index (χ4n) is 3.37. The van der Waals surface area contributed by atoms with Gasteiger partial charge in [-0.15, -0.1) is 0 Å². The minimum Gasteiger partial charge on any atom is -0.303 e. The third-order valence-corrected chi connectivity index (χ3v) is 3.90. The van der Waals surface area contributed by atoms with Crippen molar-refractivity contribution in [1.82, 2.24) is 4.90 Å². The molecular weight excluding hydrogens is 146 g/mol. The number of hydrogen-bond acceptors (Lipinski definition) is 1. The number of fused-ring (bicyclic) bond motifs is 1. The Kier molecular flexibility index (Phi) is 2.40. The minimum absolute atomic E-state index is 0.924. The first-order valence-electron chi connectivity index (χ1n) is 5.49. The molecule has 2 rings (SSSR count). The van der Waals surface area contributed by atoms with E-state index in [4.69, 9.17) is 0 Å². The van der Waals surface area contributed by atoms with Gasteiger partial charge in [-0.25, -0.2) is 0 Å². The smallest absolute Gasteiger partial charge is 0.0146 e. The molecule has 1 heterocycles. The summed E-state index contributed by atoms with van der Waals surface area (Å²) in [6.07, 6.45) is 7.38. The first-order valence-corrected chi connectivity index (χ1v) is 5.49. The second-order valence-electron chi connectivity index (χ2n) is 4.78. The van der Waals surface area contributed by atoms with E-state index in [-0.39, 0.29) is 0 Å². The van der Waals surface area contributed by atoms with Crippen LogP contribution in [-0.2, 0) is 0 Å². The van der Waals surface area contributed by atoms with Crippen LogP contribution in [0.3, 0.4) is 0 Å². The topological polar surface area (TPSA) is 3.24 Å². The molecule has 0 radical (unpaired) electrons. The summed E-state index contributed by atoms with van der Waals surface area (Å²) in [6, 6.07) is 0.924. The molecule has 0 aromatic rings. The summed E-state index contributed by atoms with van der Waals surface area (Å²) in [5.41, 5.74) is 0. The van der Waals surface area contributed by atoms with Crippen LogP contribution in [0.4, 0.5) is 0 Å². The molecule has 1 aliphatic heterocycles. The van der Waals surface area contributed by atoms with Crippen molar-refractivity contribution < 1.29 is 0 Å². The molecule has 3 atom stereocenters. The van der Waals surface area contributed by atoms with Crippen molar-refractivity contribution in [2.75, 3.05) is 13.6 Å². The summed E-state index contributed by atoms with van der Waals surface area (Å²) in [5, 5.41) is 0. The average molecular weight is 167 g/mol. The number of likely N-dealkylation sites (tertiary alicyclic amines) is 1. The lowest BCUT2D eigenvalue weighted by atomic mass is 9.73.